The number of carboxylic acid groups (broad SMARTS) is 1. The number of carbonyl (C=O) groups is 1. The van der Waals surface area contributed by atoms with Gasteiger partial charge >= 0.3 is 5.97 Å². The zero-order valence-corrected chi connectivity index (χ0v) is 10.4. The van der Waals surface area contributed by atoms with Gasteiger partial charge in [0.05, 0.1) is 12.5 Å². The summed E-state index contributed by atoms with van der Waals surface area (Å²) < 4.78 is 5.43. The van der Waals surface area contributed by atoms with E-state index in [4.69, 9.17) is 4.74 Å². The largest absolute Gasteiger partial charge is 0.481 e. The summed E-state index contributed by atoms with van der Waals surface area (Å²) in [7, 11) is 0. The molecule has 96 valence electrons. The zero-order chi connectivity index (χ0) is 12.5. The Balaban J connectivity index is 2.06. The fourth-order valence-electron chi connectivity index (χ4n) is 3.06. The first-order valence-corrected chi connectivity index (χ1v) is 6.23. The summed E-state index contributed by atoms with van der Waals surface area (Å²) in [6.07, 6.45) is 2.80. The van der Waals surface area contributed by atoms with Gasteiger partial charge in [-0.15, -0.1) is 6.58 Å². The van der Waals surface area contributed by atoms with E-state index < -0.39 is 5.97 Å². The molecule has 0 amide bonds. The minimum Gasteiger partial charge on any atom is -0.481 e. The average Bonchev–Trinajstić information content (AvgIpc) is 2.87. The van der Waals surface area contributed by atoms with Gasteiger partial charge in [-0.25, -0.2) is 0 Å². The fraction of sp³-hybridized carbons (Fsp3) is 0.769. The third-order valence-electron chi connectivity index (χ3n) is 4.10. The van der Waals surface area contributed by atoms with Crippen molar-refractivity contribution in [2.75, 3.05) is 32.8 Å². The Labute approximate surface area is 102 Å². The monoisotopic (exact) mass is 239 g/mol. The quantitative estimate of drug-likeness (QED) is 0.750. The van der Waals surface area contributed by atoms with E-state index in [1.165, 1.54) is 0 Å². The van der Waals surface area contributed by atoms with Gasteiger partial charge in [-0.05, 0) is 12.3 Å². The normalized spacial score (nSPS) is 35.2. The molecule has 2 heterocycles. The molecule has 2 unspecified atom stereocenters. The van der Waals surface area contributed by atoms with Gasteiger partial charge < -0.3 is 14.7 Å². The van der Waals surface area contributed by atoms with Crippen molar-refractivity contribution < 1.29 is 14.6 Å². The van der Waals surface area contributed by atoms with Gasteiger partial charge in [-0.2, -0.15) is 0 Å². The molecule has 0 radical (unpaired) electrons. The first kappa shape index (κ1) is 12.6. The summed E-state index contributed by atoms with van der Waals surface area (Å²) in [6.45, 7) is 9.59. The van der Waals surface area contributed by atoms with Crippen LogP contribution in [-0.2, 0) is 9.53 Å². The second kappa shape index (κ2) is 4.78. The summed E-state index contributed by atoms with van der Waals surface area (Å²) in [5.74, 6) is -0.548. The SMILES string of the molecule is C=C[C@H](C)CN1CC(C(=O)O)C2(CCOC2)C1. The highest BCUT2D eigenvalue weighted by molar-refractivity contribution is 5.72. The van der Waals surface area contributed by atoms with E-state index in [2.05, 4.69) is 18.4 Å². The van der Waals surface area contributed by atoms with E-state index >= 15 is 0 Å². The summed E-state index contributed by atoms with van der Waals surface area (Å²) in [6, 6.07) is 0. The second-order valence-corrected chi connectivity index (χ2v) is 5.46. The Morgan fingerprint density at radius 2 is 2.53 bits per heavy atom. The molecule has 2 saturated heterocycles. The van der Waals surface area contributed by atoms with E-state index in [9.17, 15) is 9.90 Å². The van der Waals surface area contributed by atoms with Gasteiger partial charge in [-0.3, -0.25) is 4.79 Å². The molecule has 2 aliphatic heterocycles. The minimum atomic E-state index is -0.677. The number of hydrogen-bond acceptors (Lipinski definition) is 3. The van der Waals surface area contributed by atoms with Crippen LogP contribution in [0.25, 0.3) is 0 Å². The van der Waals surface area contributed by atoms with Crippen LogP contribution < -0.4 is 0 Å². The van der Waals surface area contributed by atoms with Crippen LogP contribution >= 0.6 is 0 Å². The van der Waals surface area contributed by atoms with Crippen LogP contribution in [0.1, 0.15) is 13.3 Å². The molecule has 1 spiro atoms. The molecule has 3 atom stereocenters. The summed E-state index contributed by atoms with van der Waals surface area (Å²) in [5.41, 5.74) is -0.146. The minimum absolute atomic E-state index is 0.146. The lowest BCUT2D eigenvalue weighted by Gasteiger charge is -2.25. The van der Waals surface area contributed by atoms with Crippen molar-refractivity contribution in [3.63, 3.8) is 0 Å². The van der Waals surface area contributed by atoms with Gasteiger partial charge in [0, 0.05) is 31.7 Å². The Kier molecular flexibility index (Phi) is 3.54. The molecular weight excluding hydrogens is 218 g/mol. The number of likely N-dealkylation sites (tertiary alicyclic amines) is 1. The molecule has 0 aliphatic carbocycles. The Hall–Kier alpha value is -0.870. The fourth-order valence-corrected chi connectivity index (χ4v) is 3.06. The zero-order valence-electron chi connectivity index (χ0n) is 10.4. The van der Waals surface area contributed by atoms with Crippen molar-refractivity contribution in [2.24, 2.45) is 17.3 Å². The van der Waals surface area contributed by atoms with Gasteiger partial charge in [0.2, 0.25) is 0 Å². The molecule has 17 heavy (non-hydrogen) atoms. The second-order valence-electron chi connectivity index (χ2n) is 5.46. The standard InChI is InChI=1S/C13H21NO3/c1-3-10(2)6-14-7-11(12(15)16)13(8-14)4-5-17-9-13/h3,10-11H,1,4-9H2,2H3,(H,15,16)/t10-,11?,13?/m0/s1. The van der Waals surface area contributed by atoms with Gasteiger partial charge in [0.15, 0.2) is 0 Å². The van der Waals surface area contributed by atoms with E-state index in [0.29, 0.717) is 25.7 Å². The summed E-state index contributed by atoms with van der Waals surface area (Å²) in [5, 5.41) is 9.35. The van der Waals surface area contributed by atoms with Crippen molar-refractivity contribution in [1.82, 2.24) is 4.90 Å². The van der Waals surface area contributed by atoms with Crippen LogP contribution in [0, 0.1) is 17.3 Å². The average molecular weight is 239 g/mol. The van der Waals surface area contributed by atoms with E-state index in [1.807, 2.05) is 6.08 Å². The topological polar surface area (TPSA) is 49.8 Å². The molecule has 2 fully saturated rings. The lowest BCUT2D eigenvalue weighted by atomic mass is 9.77. The predicted molar refractivity (Wildman–Crippen MR) is 64.8 cm³/mol. The Morgan fingerprint density at radius 1 is 1.76 bits per heavy atom. The molecule has 0 bridgehead atoms. The first-order valence-electron chi connectivity index (χ1n) is 6.23. The smallest absolute Gasteiger partial charge is 0.308 e. The van der Waals surface area contributed by atoms with Crippen molar-refractivity contribution in [3.8, 4) is 0 Å². The molecule has 2 aliphatic rings. The van der Waals surface area contributed by atoms with Gasteiger partial charge in [-0.1, -0.05) is 13.0 Å². The van der Waals surface area contributed by atoms with Crippen LogP contribution in [-0.4, -0.2) is 48.8 Å². The summed E-state index contributed by atoms with van der Waals surface area (Å²) in [4.78, 5) is 13.6. The first-order chi connectivity index (χ1) is 8.07. The van der Waals surface area contributed by atoms with Crippen molar-refractivity contribution in [1.29, 1.82) is 0 Å². The molecule has 0 saturated carbocycles. The lowest BCUT2D eigenvalue weighted by molar-refractivity contribution is -0.144. The third-order valence-corrected chi connectivity index (χ3v) is 4.10. The van der Waals surface area contributed by atoms with Crippen LogP contribution in [0.3, 0.4) is 0 Å². The third kappa shape index (κ3) is 2.38. The molecule has 0 aromatic heterocycles. The number of ether oxygens (including phenoxy) is 1. The number of rotatable bonds is 4. The van der Waals surface area contributed by atoms with E-state index in [0.717, 1.165) is 19.5 Å². The molecule has 4 heteroatoms. The molecular formula is C13H21NO3. The number of hydrogen-bond donors (Lipinski definition) is 1. The maximum Gasteiger partial charge on any atom is 0.308 e. The highest BCUT2D eigenvalue weighted by atomic mass is 16.5. The molecule has 1 N–H and O–H groups in total. The van der Waals surface area contributed by atoms with E-state index in [1.54, 1.807) is 0 Å². The number of nitrogens with zero attached hydrogens (tertiary/aromatic N) is 1. The lowest BCUT2D eigenvalue weighted by Crippen LogP contribution is -2.35. The van der Waals surface area contributed by atoms with Crippen LogP contribution in [0.2, 0.25) is 0 Å². The van der Waals surface area contributed by atoms with E-state index in [-0.39, 0.29) is 11.3 Å². The molecule has 4 nitrogen and oxygen atoms in total. The molecule has 0 aromatic carbocycles. The summed E-state index contributed by atoms with van der Waals surface area (Å²) >= 11 is 0. The van der Waals surface area contributed by atoms with Crippen molar-refractivity contribution in [3.05, 3.63) is 12.7 Å². The molecule has 2 rings (SSSR count). The Bertz CT molecular complexity index is 310. The number of carboxylic acids is 1. The van der Waals surface area contributed by atoms with Crippen LogP contribution in [0.15, 0.2) is 12.7 Å². The maximum atomic E-state index is 11.4. The molecule has 0 aromatic rings. The van der Waals surface area contributed by atoms with Gasteiger partial charge in [0.25, 0.3) is 0 Å². The van der Waals surface area contributed by atoms with Crippen molar-refractivity contribution in [2.45, 2.75) is 13.3 Å². The Morgan fingerprint density at radius 3 is 3.06 bits per heavy atom. The highest BCUT2D eigenvalue weighted by Crippen LogP contribution is 2.43. The maximum absolute atomic E-state index is 11.4. The van der Waals surface area contributed by atoms with Crippen LogP contribution in [0.4, 0.5) is 0 Å². The predicted octanol–water partition coefficient (Wildman–Crippen LogP) is 1.23. The van der Waals surface area contributed by atoms with Crippen molar-refractivity contribution >= 4 is 5.97 Å². The number of aliphatic carboxylic acids is 1. The highest BCUT2D eigenvalue weighted by Gasteiger charge is 2.52. The van der Waals surface area contributed by atoms with Gasteiger partial charge in [0.1, 0.15) is 0 Å². The van der Waals surface area contributed by atoms with Crippen LogP contribution in [0.5, 0.6) is 0 Å².